The molecule has 2 amide bonds. The number of hydrogen-bond acceptors (Lipinski definition) is 3. The minimum atomic E-state index is -0.184. The van der Waals surface area contributed by atoms with Crippen LogP contribution in [0.1, 0.15) is 18.4 Å². The number of aromatic hydroxyl groups is 1. The largest absolute Gasteiger partial charge is 0.508 e. The quantitative estimate of drug-likeness (QED) is 0.687. The Morgan fingerprint density at radius 3 is 2.89 bits per heavy atom. The second kappa shape index (κ2) is 5.08. The number of nitrogens with one attached hydrogen (secondary N) is 2. The molecule has 1 atom stereocenters. The average Bonchev–Trinajstić information content (AvgIpc) is 2.33. The van der Waals surface area contributed by atoms with Gasteiger partial charge in [-0.15, -0.1) is 0 Å². The first-order chi connectivity index (χ1) is 8.56. The second-order valence-electron chi connectivity index (χ2n) is 4.53. The molecule has 1 unspecified atom stereocenters. The number of aryl methyl sites for hydroxylation is 1. The summed E-state index contributed by atoms with van der Waals surface area (Å²) in [7, 11) is 0. The van der Waals surface area contributed by atoms with Gasteiger partial charge in [-0.1, -0.05) is 0 Å². The third-order valence-corrected chi connectivity index (χ3v) is 3.10. The second-order valence-corrected chi connectivity index (χ2v) is 4.53. The number of phenols is 1. The maximum absolute atomic E-state index is 12.0. The number of anilines is 1. The SMILES string of the molecule is Cc1cc(O)ccc1NC(=O)C1CCC(=O)NC1. The van der Waals surface area contributed by atoms with Gasteiger partial charge in [0.1, 0.15) is 5.75 Å². The number of amides is 2. The van der Waals surface area contributed by atoms with Crippen LogP contribution in [-0.2, 0) is 9.59 Å². The molecule has 0 radical (unpaired) electrons. The molecule has 1 aromatic carbocycles. The van der Waals surface area contributed by atoms with Crippen LogP contribution < -0.4 is 10.6 Å². The summed E-state index contributed by atoms with van der Waals surface area (Å²) in [5.41, 5.74) is 1.50. The Morgan fingerprint density at radius 2 is 2.28 bits per heavy atom. The van der Waals surface area contributed by atoms with Gasteiger partial charge in [-0.05, 0) is 37.1 Å². The smallest absolute Gasteiger partial charge is 0.229 e. The van der Waals surface area contributed by atoms with Crippen LogP contribution >= 0.6 is 0 Å². The van der Waals surface area contributed by atoms with E-state index in [1.165, 1.54) is 6.07 Å². The topological polar surface area (TPSA) is 78.4 Å². The minimum Gasteiger partial charge on any atom is -0.508 e. The number of phenolic OH excluding ortho intramolecular Hbond substituents is 1. The molecule has 1 aliphatic rings. The fourth-order valence-corrected chi connectivity index (χ4v) is 1.98. The highest BCUT2D eigenvalue weighted by Gasteiger charge is 2.24. The Morgan fingerprint density at radius 1 is 1.50 bits per heavy atom. The summed E-state index contributed by atoms with van der Waals surface area (Å²) in [4.78, 5) is 23.0. The van der Waals surface area contributed by atoms with Crippen molar-refractivity contribution in [3.63, 3.8) is 0 Å². The molecule has 1 heterocycles. The van der Waals surface area contributed by atoms with Gasteiger partial charge < -0.3 is 15.7 Å². The van der Waals surface area contributed by atoms with Crippen molar-refractivity contribution in [3.05, 3.63) is 23.8 Å². The van der Waals surface area contributed by atoms with Gasteiger partial charge in [0.15, 0.2) is 0 Å². The summed E-state index contributed by atoms with van der Waals surface area (Å²) < 4.78 is 0. The summed E-state index contributed by atoms with van der Waals surface area (Å²) >= 11 is 0. The predicted molar refractivity (Wildman–Crippen MR) is 67.2 cm³/mol. The highest BCUT2D eigenvalue weighted by molar-refractivity contribution is 5.94. The number of piperidine rings is 1. The molecule has 96 valence electrons. The summed E-state index contributed by atoms with van der Waals surface area (Å²) in [6.45, 7) is 2.21. The van der Waals surface area contributed by atoms with E-state index in [4.69, 9.17) is 0 Å². The highest BCUT2D eigenvalue weighted by Crippen LogP contribution is 2.21. The van der Waals surface area contributed by atoms with Crippen LogP contribution in [0.5, 0.6) is 5.75 Å². The van der Waals surface area contributed by atoms with Crippen LogP contribution in [0.4, 0.5) is 5.69 Å². The molecule has 3 N–H and O–H groups in total. The van der Waals surface area contributed by atoms with Crippen molar-refractivity contribution in [1.29, 1.82) is 0 Å². The zero-order chi connectivity index (χ0) is 13.1. The first-order valence-corrected chi connectivity index (χ1v) is 5.93. The van der Waals surface area contributed by atoms with Gasteiger partial charge in [-0.2, -0.15) is 0 Å². The lowest BCUT2D eigenvalue weighted by molar-refractivity contribution is -0.126. The van der Waals surface area contributed by atoms with E-state index in [-0.39, 0.29) is 23.5 Å². The molecule has 0 saturated carbocycles. The third-order valence-electron chi connectivity index (χ3n) is 3.10. The fourth-order valence-electron chi connectivity index (χ4n) is 1.98. The molecule has 0 bridgehead atoms. The van der Waals surface area contributed by atoms with E-state index in [0.717, 1.165) is 5.56 Å². The van der Waals surface area contributed by atoms with Crippen molar-refractivity contribution in [2.75, 3.05) is 11.9 Å². The van der Waals surface area contributed by atoms with Crippen LogP contribution in [0.3, 0.4) is 0 Å². The number of carbonyl (C=O) groups is 2. The van der Waals surface area contributed by atoms with E-state index in [1.807, 2.05) is 6.92 Å². The number of carbonyl (C=O) groups excluding carboxylic acids is 2. The Labute approximate surface area is 105 Å². The third kappa shape index (κ3) is 2.80. The maximum Gasteiger partial charge on any atom is 0.229 e. The Balaban J connectivity index is 2.00. The summed E-state index contributed by atoms with van der Waals surface area (Å²) in [6.07, 6.45) is 0.974. The van der Waals surface area contributed by atoms with Crippen molar-refractivity contribution in [2.45, 2.75) is 19.8 Å². The van der Waals surface area contributed by atoms with E-state index in [0.29, 0.717) is 25.1 Å². The zero-order valence-corrected chi connectivity index (χ0v) is 10.2. The lowest BCUT2D eigenvalue weighted by Crippen LogP contribution is -2.40. The normalized spacial score (nSPS) is 19.2. The van der Waals surface area contributed by atoms with E-state index >= 15 is 0 Å². The monoisotopic (exact) mass is 248 g/mol. The molecular formula is C13H16N2O3. The van der Waals surface area contributed by atoms with Crippen LogP contribution in [0.15, 0.2) is 18.2 Å². The molecule has 0 spiro atoms. The molecular weight excluding hydrogens is 232 g/mol. The molecule has 1 fully saturated rings. The van der Waals surface area contributed by atoms with Gasteiger partial charge in [-0.25, -0.2) is 0 Å². The minimum absolute atomic E-state index is 0.000126. The summed E-state index contributed by atoms with van der Waals surface area (Å²) in [6, 6.07) is 4.80. The lowest BCUT2D eigenvalue weighted by atomic mass is 9.98. The molecule has 2 rings (SSSR count). The van der Waals surface area contributed by atoms with Gasteiger partial charge in [0.25, 0.3) is 0 Å². The van der Waals surface area contributed by atoms with Gasteiger partial charge in [0, 0.05) is 18.7 Å². The van der Waals surface area contributed by atoms with Crippen molar-refractivity contribution in [3.8, 4) is 5.75 Å². The van der Waals surface area contributed by atoms with Gasteiger partial charge in [-0.3, -0.25) is 9.59 Å². The number of hydrogen-bond donors (Lipinski definition) is 3. The molecule has 1 aliphatic heterocycles. The van der Waals surface area contributed by atoms with Crippen LogP contribution in [-0.4, -0.2) is 23.5 Å². The predicted octanol–water partition coefficient (Wildman–Crippen LogP) is 1.17. The fraction of sp³-hybridized carbons (Fsp3) is 0.385. The molecule has 1 aromatic rings. The zero-order valence-electron chi connectivity index (χ0n) is 10.2. The van der Waals surface area contributed by atoms with E-state index in [1.54, 1.807) is 12.1 Å². The molecule has 1 saturated heterocycles. The van der Waals surface area contributed by atoms with Crippen molar-refractivity contribution >= 4 is 17.5 Å². The number of rotatable bonds is 2. The molecule has 5 nitrogen and oxygen atoms in total. The van der Waals surface area contributed by atoms with E-state index in [2.05, 4.69) is 10.6 Å². The first-order valence-electron chi connectivity index (χ1n) is 5.93. The molecule has 18 heavy (non-hydrogen) atoms. The van der Waals surface area contributed by atoms with E-state index in [9.17, 15) is 14.7 Å². The molecule has 5 heteroatoms. The van der Waals surface area contributed by atoms with Crippen molar-refractivity contribution in [1.82, 2.24) is 5.32 Å². The Kier molecular flexibility index (Phi) is 3.50. The van der Waals surface area contributed by atoms with Gasteiger partial charge in [0.2, 0.25) is 11.8 Å². The average molecular weight is 248 g/mol. The van der Waals surface area contributed by atoms with Crippen LogP contribution in [0, 0.1) is 12.8 Å². The highest BCUT2D eigenvalue weighted by atomic mass is 16.3. The van der Waals surface area contributed by atoms with Gasteiger partial charge >= 0.3 is 0 Å². The van der Waals surface area contributed by atoms with Crippen LogP contribution in [0.25, 0.3) is 0 Å². The molecule has 0 aromatic heterocycles. The van der Waals surface area contributed by atoms with Crippen molar-refractivity contribution < 1.29 is 14.7 Å². The van der Waals surface area contributed by atoms with Gasteiger partial charge in [0.05, 0.1) is 5.92 Å². The maximum atomic E-state index is 12.0. The van der Waals surface area contributed by atoms with Crippen molar-refractivity contribution in [2.24, 2.45) is 5.92 Å². The lowest BCUT2D eigenvalue weighted by Gasteiger charge is -2.22. The molecule has 0 aliphatic carbocycles. The summed E-state index contributed by atoms with van der Waals surface area (Å²) in [5.74, 6) is -0.102. The number of benzene rings is 1. The first kappa shape index (κ1) is 12.4. The standard InChI is InChI=1S/C13H16N2O3/c1-8-6-10(16)3-4-11(8)15-13(18)9-2-5-12(17)14-7-9/h3-4,6,9,16H,2,5,7H2,1H3,(H,14,17)(H,15,18). The van der Waals surface area contributed by atoms with E-state index < -0.39 is 0 Å². The Bertz CT molecular complexity index is 475. The Hall–Kier alpha value is -2.04. The van der Waals surface area contributed by atoms with Crippen LogP contribution in [0.2, 0.25) is 0 Å². The summed E-state index contributed by atoms with van der Waals surface area (Å²) in [5, 5.41) is 14.8.